The first-order chi connectivity index (χ1) is 15.7. The minimum Gasteiger partial charge on any atom is -0.361 e. The van der Waals surface area contributed by atoms with Crippen LogP contribution in [0.2, 0.25) is 0 Å². The molecule has 9 nitrogen and oxygen atoms in total. The van der Waals surface area contributed by atoms with Gasteiger partial charge < -0.3 is 4.98 Å². The van der Waals surface area contributed by atoms with E-state index in [4.69, 9.17) is 0 Å². The Morgan fingerprint density at radius 2 is 1.79 bits per heavy atom. The number of hydrogen-bond donors (Lipinski definition) is 3. The zero-order valence-electron chi connectivity index (χ0n) is 17.9. The number of non-ortho nitro benzene ring substituents is 1. The summed E-state index contributed by atoms with van der Waals surface area (Å²) >= 11 is 0. The lowest BCUT2D eigenvalue weighted by Crippen LogP contribution is -2.16. The fraction of sp³-hybridized carbons (Fsp3) is 0.0870. The topological polar surface area (TPSA) is 129 Å². The Balaban J connectivity index is 1.67. The van der Waals surface area contributed by atoms with Crippen molar-refractivity contribution in [2.45, 2.75) is 18.7 Å². The van der Waals surface area contributed by atoms with Gasteiger partial charge in [0.05, 0.1) is 22.5 Å². The number of nitrogens with zero attached hydrogens (tertiary/aromatic N) is 2. The van der Waals surface area contributed by atoms with Crippen LogP contribution in [0.3, 0.4) is 0 Å². The fourth-order valence-electron chi connectivity index (χ4n) is 3.44. The first-order valence-electron chi connectivity index (χ1n) is 9.98. The monoisotopic (exact) mass is 463 g/mol. The maximum atomic E-state index is 13.2. The third-order valence-electron chi connectivity index (χ3n) is 5.10. The number of para-hydroxylation sites is 1. The lowest BCUT2D eigenvalue weighted by Gasteiger charge is -2.14. The minimum absolute atomic E-state index is 0.106. The van der Waals surface area contributed by atoms with Crippen LogP contribution in [0.25, 0.3) is 10.9 Å². The van der Waals surface area contributed by atoms with Gasteiger partial charge in [-0.1, -0.05) is 35.9 Å². The average molecular weight is 464 g/mol. The Morgan fingerprint density at radius 3 is 2.55 bits per heavy atom. The Morgan fingerprint density at radius 1 is 1.03 bits per heavy atom. The number of anilines is 2. The van der Waals surface area contributed by atoms with Crippen LogP contribution in [-0.4, -0.2) is 24.5 Å². The van der Waals surface area contributed by atoms with E-state index in [1.54, 1.807) is 31.5 Å². The highest BCUT2D eigenvalue weighted by molar-refractivity contribution is 7.92. The molecular weight excluding hydrogens is 442 g/mol. The van der Waals surface area contributed by atoms with Gasteiger partial charge >= 0.3 is 0 Å². The maximum absolute atomic E-state index is 13.2. The molecule has 0 aliphatic heterocycles. The van der Waals surface area contributed by atoms with Crippen molar-refractivity contribution >= 4 is 44.2 Å². The molecule has 0 saturated heterocycles. The molecule has 0 spiro atoms. The van der Waals surface area contributed by atoms with E-state index in [0.717, 1.165) is 33.7 Å². The molecule has 0 unspecified atom stereocenters. The molecule has 0 bridgehead atoms. The number of nitro groups is 1. The SMILES string of the molecule is Cc1ccc(NS(=O)(=O)c2cc([N+](=O)[O-])ccc2NN=Cc2c[nH]c3ccccc23)c(C)c1. The van der Waals surface area contributed by atoms with E-state index in [9.17, 15) is 18.5 Å². The van der Waals surface area contributed by atoms with E-state index >= 15 is 0 Å². The Labute approximate surface area is 190 Å². The molecule has 0 amide bonds. The average Bonchev–Trinajstić information content (AvgIpc) is 3.19. The summed E-state index contributed by atoms with van der Waals surface area (Å²) in [4.78, 5) is 13.5. The summed E-state index contributed by atoms with van der Waals surface area (Å²) in [6, 6.07) is 16.5. The lowest BCUT2D eigenvalue weighted by atomic mass is 10.1. The van der Waals surface area contributed by atoms with Crippen molar-refractivity contribution in [2.24, 2.45) is 5.10 Å². The number of benzene rings is 3. The number of aromatic nitrogens is 1. The van der Waals surface area contributed by atoms with Gasteiger partial charge in [0.25, 0.3) is 15.7 Å². The summed E-state index contributed by atoms with van der Waals surface area (Å²) in [5.41, 5.74) is 6.32. The highest BCUT2D eigenvalue weighted by Crippen LogP contribution is 2.29. The van der Waals surface area contributed by atoms with Gasteiger partial charge in [0, 0.05) is 34.8 Å². The number of rotatable bonds is 7. The normalized spacial score (nSPS) is 11.7. The van der Waals surface area contributed by atoms with Crippen molar-refractivity contribution in [2.75, 3.05) is 10.1 Å². The van der Waals surface area contributed by atoms with Gasteiger partial charge in [-0.15, -0.1) is 0 Å². The number of aromatic amines is 1. The van der Waals surface area contributed by atoms with Crippen molar-refractivity contribution in [3.05, 3.63) is 93.7 Å². The quantitative estimate of drug-likeness (QED) is 0.203. The standard InChI is InChI=1S/C23H21N5O4S/c1-15-7-9-20(16(2)11-15)27-33(31,32)23-12-18(28(29)30)8-10-22(23)26-25-14-17-13-24-21-6-4-3-5-19(17)21/h3-14,24,26-27H,1-2H3. The van der Waals surface area contributed by atoms with Crippen molar-refractivity contribution < 1.29 is 13.3 Å². The molecule has 1 heterocycles. The molecule has 0 aliphatic rings. The number of fused-ring (bicyclic) bond motifs is 1. The maximum Gasteiger partial charge on any atom is 0.270 e. The number of sulfonamides is 1. The van der Waals surface area contributed by atoms with Crippen molar-refractivity contribution in [1.82, 2.24) is 4.98 Å². The van der Waals surface area contributed by atoms with Gasteiger partial charge in [0.1, 0.15) is 4.90 Å². The Kier molecular flexibility index (Phi) is 5.84. The third kappa shape index (κ3) is 4.70. The van der Waals surface area contributed by atoms with Gasteiger partial charge in [0.2, 0.25) is 0 Å². The van der Waals surface area contributed by atoms with Gasteiger partial charge in [-0.2, -0.15) is 5.10 Å². The van der Waals surface area contributed by atoms with E-state index in [-0.39, 0.29) is 16.3 Å². The molecule has 0 aliphatic carbocycles. The second kappa shape index (κ2) is 8.75. The number of nitrogens with one attached hydrogen (secondary N) is 3. The molecule has 0 radical (unpaired) electrons. The van der Waals surface area contributed by atoms with Gasteiger partial charge in [-0.25, -0.2) is 8.42 Å². The van der Waals surface area contributed by atoms with Crippen LogP contribution in [0, 0.1) is 24.0 Å². The molecule has 168 valence electrons. The molecule has 1 aromatic heterocycles. The fourth-order valence-corrected chi connectivity index (χ4v) is 4.75. The van der Waals surface area contributed by atoms with Crippen molar-refractivity contribution in [3.8, 4) is 0 Å². The molecule has 3 N–H and O–H groups in total. The summed E-state index contributed by atoms with van der Waals surface area (Å²) in [6.45, 7) is 3.68. The highest BCUT2D eigenvalue weighted by atomic mass is 32.2. The molecule has 10 heteroatoms. The van der Waals surface area contributed by atoms with Crippen LogP contribution < -0.4 is 10.1 Å². The molecule has 4 rings (SSSR count). The molecule has 33 heavy (non-hydrogen) atoms. The van der Waals surface area contributed by atoms with E-state index < -0.39 is 14.9 Å². The van der Waals surface area contributed by atoms with Crippen LogP contribution in [0.4, 0.5) is 17.1 Å². The highest BCUT2D eigenvalue weighted by Gasteiger charge is 2.23. The van der Waals surface area contributed by atoms with E-state index in [2.05, 4.69) is 20.2 Å². The van der Waals surface area contributed by atoms with Gasteiger partial charge in [-0.3, -0.25) is 20.3 Å². The molecule has 0 fully saturated rings. The second-order valence-corrected chi connectivity index (χ2v) is 9.17. The predicted octanol–water partition coefficient (Wildman–Crippen LogP) is 4.94. The summed E-state index contributed by atoms with van der Waals surface area (Å²) in [6.07, 6.45) is 3.33. The summed E-state index contributed by atoms with van der Waals surface area (Å²) < 4.78 is 28.9. The largest absolute Gasteiger partial charge is 0.361 e. The van der Waals surface area contributed by atoms with Gasteiger partial charge in [-0.05, 0) is 37.6 Å². The van der Waals surface area contributed by atoms with E-state index in [0.29, 0.717) is 5.69 Å². The van der Waals surface area contributed by atoms with Crippen molar-refractivity contribution in [1.29, 1.82) is 0 Å². The smallest absolute Gasteiger partial charge is 0.270 e. The zero-order chi connectivity index (χ0) is 23.6. The summed E-state index contributed by atoms with van der Waals surface area (Å²) in [5, 5.41) is 16.4. The van der Waals surface area contributed by atoms with Crippen LogP contribution >= 0.6 is 0 Å². The number of aryl methyl sites for hydroxylation is 2. The molecule has 0 saturated carbocycles. The Bertz CT molecular complexity index is 1490. The third-order valence-corrected chi connectivity index (χ3v) is 6.51. The van der Waals surface area contributed by atoms with Crippen LogP contribution in [0.5, 0.6) is 0 Å². The summed E-state index contributed by atoms with van der Waals surface area (Å²) in [7, 11) is -4.15. The predicted molar refractivity (Wildman–Crippen MR) is 129 cm³/mol. The second-order valence-electron chi connectivity index (χ2n) is 7.52. The van der Waals surface area contributed by atoms with Crippen molar-refractivity contribution in [3.63, 3.8) is 0 Å². The number of H-pyrrole nitrogens is 1. The van der Waals surface area contributed by atoms with Crippen LogP contribution in [0.1, 0.15) is 16.7 Å². The lowest BCUT2D eigenvalue weighted by molar-refractivity contribution is -0.385. The van der Waals surface area contributed by atoms with E-state index in [1.807, 2.05) is 37.3 Å². The first kappa shape index (κ1) is 22.0. The molecular formula is C23H21N5O4S. The number of hydrogen-bond acceptors (Lipinski definition) is 6. The van der Waals surface area contributed by atoms with Crippen LogP contribution in [-0.2, 0) is 10.0 Å². The number of nitro benzene ring substituents is 1. The molecule has 3 aromatic carbocycles. The van der Waals surface area contributed by atoms with Gasteiger partial charge in [0.15, 0.2) is 0 Å². The van der Waals surface area contributed by atoms with Crippen LogP contribution in [0.15, 0.2) is 76.9 Å². The summed E-state index contributed by atoms with van der Waals surface area (Å²) in [5.74, 6) is 0. The zero-order valence-corrected chi connectivity index (χ0v) is 18.7. The first-order valence-corrected chi connectivity index (χ1v) is 11.5. The Hall–Kier alpha value is -4.18. The molecule has 0 atom stereocenters. The molecule has 4 aromatic rings. The minimum atomic E-state index is -4.15. The van der Waals surface area contributed by atoms with E-state index in [1.165, 1.54) is 12.1 Å². The number of hydrazone groups is 1.